The number of aryl methyl sites for hydroxylation is 3. The molecule has 0 spiro atoms. The molecule has 2 rings (SSSR count). The van der Waals surface area contributed by atoms with E-state index in [1.165, 1.54) is 4.31 Å². The van der Waals surface area contributed by atoms with Crippen molar-refractivity contribution in [3.05, 3.63) is 47.3 Å². The van der Waals surface area contributed by atoms with Crippen LogP contribution in [0.4, 0.5) is 0 Å². The number of rotatable bonds is 6. The van der Waals surface area contributed by atoms with Gasteiger partial charge in [0, 0.05) is 31.9 Å². The Morgan fingerprint density at radius 1 is 1.18 bits per heavy atom. The van der Waals surface area contributed by atoms with Crippen LogP contribution in [0.1, 0.15) is 30.7 Å². The van der Waals surface area contributed by atoms with Gasteiger partial charge in [-0.25, -0.2) is 8.42 Å². The molecule has 0 fully saturated rings. The maximum absolute atomic E-state index is 12.6. The first kappa shape index (κ1) is 16.7. The van der Waals surface area contributed by atoms with Crippen LogP contribution >= 0.6 is 0 Å². The first-order valence-corrected chi connectivity index (χ1v) is 8.90. The van der Waals surface area contributed by atoms with Crippen molar-refractivity contribution in [1.29, 1.82) is 0 Å². The molecule has 1 heterocycles. The molecule has 0 aliphatic rings. The van der Waals surface area contributed by atoms with Crippen LogP contribution in [0, 0.1) is 6.92 Å². The van der Waals surface area contributed by atoms with Crippen molar-refractivity contribution in [3.8, 4) is 0 Å². The number of aromatic nitrogens is 2. The molecule has 1 aromatic carbocycles. The van der Waals surface area contributed by atoms with E-state index >= 15 is 0 Å². The summed E-state index contributed by atoms with van der Waals surface area (Å²) in [5.74, 6) is 0. The minimum atomic E-state index is -3.48. The lowest BCUT2D eigenvalue weighted by atomic mass is 10.2. The van der Waals surface area contributed by atoms with E-state index in [0.717, 1.165) is 29.8 Å². The van der Waals surface area contributed by atoms with Crippen molar-refractivity contribution in [2.45, 2.75) is 45.2 Å². The maximum atomic E-state index is 12.6. The van der Waals surface area contributed by atoms with E-state index < -0.39 is 10.0 Å². The highest BCUT2D eigenvalue weighted by molar-refractivity contribution is 7.89. The van der Waals surface area contributed by atoms with Gasteiger partial charge in [0.15, 0.2) is 0 Å². The van der Waals surface area contributed by atoms with Crippen molar-refractivity contribution in [1.82, 2.24) is 14.1 Å². The van der Waals surface area contributed by atoms with Crippen LogP contribution < -0.4 is 0 Å². The second-order valence-electron chi connectivity index (χ2n) is 5.35. The Morgan fingerprint density at radius 3 is 2.32 bits per heavy atom. The molecule has 1 aromatic heterocycles. The molecule has 0 aliphatic heterocycles. The topological polar surface area (TPSA) is 55.2 Å². The molecule has 22 heavy (non-hydrogen) atoms. The van der Waals surface area contributed by atoms with Crippen molar-refractivity contribution >= 4 is 10.0 Å². The molecule has 0 unspecified atom stereocenters. The third-order valence-corrected chi connectivity index (χ3v) is 5.62. The van der Waals surface area contributed by atoms with Crippen LogP contribution in [0.15, 0.2) is 35.4 Å². The van der Waals surface area contributed by atoms with E-state index in [0.29, 0.717) is 11.4 Å². The Kier molecular flexibility index (Phi) is 5.03. The summed E-state index contributed by atoms with van der Waals surface area (Å²) in [5, 5.41) is 4.35. The molecule has 6 heteroatoms. The van der Waals surface area contributed by atoms with Crippen molar-refractivity contribution < 1.29 is 8.42 Å². The van der Waals surface area contributed by atoms with Gasteiger partial charge in [0.2, 0.25) is 10.0 Å². The summed E-state index contributed by atoms with van der Waals surface area (Å²) in [6, 6.07) is 7.07. The minimum absolute atomic E-state index is 0.323. The van der Waals surface area contributed by atoms with Gasteiger partial charge in [-0.15, -0.1) is 0 Å². The molecule has 0 atom stereocenters. The number of hydrogen-bond acceptors (Lipinski definition) is 3. The molecule has 0 amide bonds. The second-order valence-corrected chi connectivity index (χ2v) is 7.40. The summed E-state index contributed by atoms with van der Waals surface area (Å²) in [5.41, 5.74) is 2.92. The van der Waals surface area contributed by atoms with Crippen LogP contribution in [-0.2, 0) is 29.5 Å². The van der Waals surface area contributed by atoms with Crippen LogP contribution in [0.3, 0.4) is 0 Å². The van der Waals surface area contributed by atoms with Gasteiger partial charge in [-0.05, 0) is 38.0 Å². The molecular weight excluding hydrogens is 298 g/mol. The molecule has 0 bridgehead atoms. The summed E-state index contributed by atoms with van der Waals surface area (Å²) < 4.78 is 28.4. The molecule has 0 aliphatic carbocycles. The van der Waals surface area contributed by atoms with Gasteiger partial charge in [-0.3, -0.25) is 4.68 Å². The number of hydrogen-bond donors (Lipinski definition) is 0. The van der Waals surface area contributed by atoms with Crippen molar-refractivity contribution in [2.24, 2.45) is 0 Å². The van der Waals surface area contributed by atoms with E-state index in [1.54, 1.807) is 19.2 Å². The second kappa shape index (κ2) is 6.62. The largest absolute Gasteiger partial charge is 0.272 e. The fourth-order valence-corrected chi connectivity index (χ4v) is 3.43. The fraction of sp³-hybridized carbons (Fsp3) is 0.438. The number of nitrogens with zero attached hydrogens (tertiary/aromatic N) is 3. The lowest BCUT2D eigenvalue weighted by molar-refractivity contribution is 0.466. The fourth-order valence-electron chi connectivity index (χ4n) is 2.28. The first-order valence-electron chi connectivity index (χ1n) is 7.46. The van der Waals surface area contributed by atoms with Gasteiger partial charge in [0.25, 0.3) is 0 Å². The van der Waals surface area contributed by atoms with Gasteiger partial charge in [0.05, 0.1) is 10.6 Å². The molecule has 0 radical (unpaired) electrons. The molecular formula is C16H23N3O2S. The number of sulfonamides is 1. The third-order valence-electron chi connectivity index (χ3n) is 3.80. The summed E-state index contributed by atoms with van der Waals surface area (Å²) in [6.45, 7) is 7.05. The van der Waals surface area contributed by atoms with Gasteiger partial charge >= 0.3 is 0 Å². The molecule has 0 N–H and O–H groups in total. The zero-order valence-corrected chi connectivity index (χ0v) is 14.4. The molecule has 5 nitrogen and oxygen atoms in total. The van der Waals surface area contributed by atoms with Gasteiger partial charge in [-0.2, -0.15) is 9.40 Å². The summed E-state index contributed by atoms with van der Waals surface area (Å²) in [7, 11) is -1.88. The average molecular weight is 321 g/mol. The highest BCUT2D eigenvalue weighted by Crippen LogP contribution is 2.18. The Balaban J connectivity index is 2.22. The van der Waals surface area contributed by atoms with E-state index in [4.69, 9.17) is 0 Å². The van der Waals surface area contributed by atoms with Crippen LogP contribution in [0.25, 0.3) is 0 Å². The molecule has 120 valence electrons. The standard InChI is InChI=1S/C16H23N3O2S/c1-5-14-7-9-16(10-8-14)22(20,21)18(4)11-15-12-19(6-2)17-13(15)3/h7-10,12H,5-6,11H2,1-4H3. The van der Waals surface area contributed by atoms with Crippen LogP contribution in [0.2, 0.25) is 0 Å². The van der Waals surface area contributed by atoms with Gasteiger partial charge < -0.3 is 0 Å². The molecule has 0 saturated carbocycles. The Labute approximate surface area is 132 Å². The van der Waals surface area contributed by atoms with E-state index in [2.05, 4.69) is 5.10 Å². The summed E-state index contributed by atoms with van der Waals surface area (Å²) >= 11 is 0. The van der Waals surface area contributed by atoms with E-state index in [9.17, 15) is 8.42 Å². The highest BCUT2D eigenvalue weighted by atomic mass is 32.2. The smallest absolute Gasteiger partial charge is 0.243 e. The minimum Gasteiger partial charge on any atom is -0.272 e. The van der Waals surface area contributed by atoms with Crippen LogP contribution in [0.5, 0.6) is 0 Å². The SMILES string of the molecule is CCc1ccc(S(=O)(=O)N(C)Cc2cn(CC)nc2C)cc1. The van der Waals surface area contributed by atoms with E-state index in [1.807, 2.05) is 43.8 Å². The Morgan fingerprint density at radius 2 is 1.82 bits per heavy atom. The maximum Gasteiger partial charge on any atom is 0.243 e. The van der Waals surface area contributed by atoms with Gasteiger partial charge in [-0.1, -0.05) is 19.1 Å². The lowest BCUT2D eigenvalue weighted by Crippen LogP contribution is -2.26. The Hall–Kier alpha value is -1.66. The Bertz CT molecular complexity index is 733. The summed E-state index contributed by atoms with van der Waals surface area (Å²) in [6.07, 6.45) is 2.80. The number of benzene rings is 1. The monoisotopic (exact) mass is 321 g/mol. The quantitative estimate of drug-likeness (QED) is 0.822. The zero-order chi connectivity index (χ0) is 16.3. The lowest BCUT2D eigenvalue weighted by Gasteiger charge is -2.17. The van der Waals surface area contributed by atoms with Crippen LogP contribution in [-0.4, -0.2) is 29.6 Å². The van der Waals surface area contributed by atoms with Crippen molar-refractivity contribution in [2.75, 3.05) is 7.05 Å². The molecule has 2 aromatic rings. The average Bonchev–Trinajstić information content (AvgIpc) is 2.87. The first-order chi connectivity index (χ1) is 10.4. The summed E-state index contributed by atoms with van der Waals surface area (Å²) in [4.78, 5) is 0.327. The van der Waals surface area contributed by atoms with E-state index in [-0.39, 0.29) is 0 Å². The van der Waals surface area contributed by atoms with Gasteiger partial charge in [0.1, 0.15) is 0 Å². The third kappa shape index (κ3) is 3.39. The predicted octanol–water partition coefficient (Wildman–Crippen LogP) is 2.59. The van der Waals surface area contributed by atoms with Crippen molar-refractivity contribution in [3.63, 3.8) is 0 Å². The zero-order valence-electron chi connectivity index (χ0n) is 13.6. The normalized spacial score (nSPS) is 12.0. The highest BCUT2D eigenvalue weighted by Gasteiger charge is 2.22. The molecule has 0 saturated heterocycles. The predicted molar refractivity (Wildman–Crippen MR) is 87.1 cm³/mol.